The van der Waals surface area contributed by atoms with Gasteiger partial charge in [-0.2, -0.15) is 5.26 Å². The zero-order valence-corrected chi connectivity index (χ0v) is 11.7. The highest BCUT2D eigenvalue weighted by atomic mass is 16.5. The summed E-state index contributed by atoms with van der Waals surface area (Å²) in [4.78, 5) is 4.67. The van der Waals surface area contributed by atoms with E-state index in [1.807, 2.05) is 18.2 Å². The van der Waals surface area contributed by atoms with Gasteiger partial charge in [-0.15, -0.1) is 0 Å². The normalized spacial score (nSPS) is 12.5. The average Bonchev–Trinajstić information content (AvgIpc) is 2.74. The third kappa shape index (κ3) is 2.77. The van der Waals surface area contributed by atoms with Crippen LogP contribution in [0.4, 0.5) is 0 Å². The summed E-state index contributed by atoms with van der Waals surface area (Å²) in [6.07, 6.45) is 0.887. The molecule has 0 saturated carbocycles. The zero-order chi connectivity index (χ0) is 13.8. The van der Waals surface area contributed by atoms with E-state index in [0.29, 0.717) is 11.5 Å². The Morgan fingerprint density at radius 3 is 2.89 bits per heavy atom. The lowest BCUT2D eigenvalue weighted by molar-refractivity contribution is 0.158. The van der Waals surface area contributed by atoms with Gasteiger partial charge in [0.1, 0.15) is 5.82 Å². The molecular formula is C15H19N3O. The molecule has 0 spiro atoms. The van der Waals surface area contributed by atoms with Crippen LogP contribution in [-0.4, -0.2) is 23.3 Å². The van der Waals surface area contributed by atoms with Crippen LogP contribution < -0.4 is 0 Å². The van der Waals surface area contributed by atoms with Crippen LogP contribution in [0.1, 0.15) is 25.2 Å². The fourth-order valence-corrected chi connectivity index (χ4v) is 2.41. The molecule has 0 radical (unpaired) electrons. The Morgan fingerprint density at radius 2 is 2.26 bits per heavy atom. The number of aromatic nitrogens is 2. The Morgan fingerprint density at radius 1 is 1.47 bits per heavy atom. The molecular weight excluding hydrogens is 238 g/mol. The Kier molecular flexibility index (Phi) is 4.18. The lowest BCUT2D eigenvalue weighted by Gasteiger charge is -2.11. The van der Waals surface area contributed by atoms with Crippen molar-refractivity contribution in [2.24, 2.45) is 5.92 Å². The predicted octanol–water partition coefficient (Wildman–Crippen LogP) is 2.75. The number of hydrogen-bond donors (Lipinski definition) is 0. The molecule has 1 aromatic carbocycles. The Bertz CT molecular complexity index is 610. The van der Waals surface area contributed by atoms with Gasteiger partial charge in [0.25, 0.3) is 0 Å². The first-order chi connectivity index (χ1) is 9.19. The quantitative estimate of drug-likeness (QED) is 0.827. The van der Waals surface area contributed by atoms with E-state index in [0.717, 1.165) is 36.4 Å². The van der Waals surface area contributed by atoms with Gasteiger partial charge in [-0.1, -0.05) is 6.92 Å². The number of aryl methyl sites for hydroxylation is 1. The van der Waals surface area contributed by atoms with E-state index in [1.165, 1.54) is 0 Å². The van der Waals surface area contributed by atoms with Crippen LogP contribution in [0.2, 0.25) is 0 Å². The lowest BCUT2D eigenvalue weighted by atomic mass is 10.1. The van der Waals surface area contributed by atoms with Crippen LogP contribution >= 0.6 is 0 Å². The van der Waals surface area contributed by atoms with Crippen molar-refractivity contribution in [1.82, 2.24) is 9.55 Å². The Balaban J connectivity index is 2.41. The summed E-state index contributed by atoms with van der Waals surface area (Å²) in [5.74, 6) is 1.50. The van der Waals surface area contributed by atoms with Gasteiger partial charge in [0, 0.05) is 26.7 Å². The molecule has 0 bridgehead atoms. The minimum atomic E-state index is 0.433. The second-order valence-corrected chi connectivity index (χ2v) is 4.85. The van der Waals surface area contributed by atoms with Crippen LogP contribution in [0.3, 0.4) is 0 Å². The van der Waals surface area contributed by atoms with E-state index in [4.69, 9.17) is 10.00 Å². The molecule has 100 valence electrons. The van der Waals surface area contributed by atoms with Gasteiger partial charge in [0.05, 0.1) is 22.7 Å². The number of rotatable bonds is 5. The highest BCUT2D eigenvalue weighted by molar-refractivity contribution is 5.77. The van der Waals surface area contributed by atoms with Gasteiger partial charge in [-0.25, -0.2) is 4.98 Å². The van der Waals surface area contributed by atoms with Crippen LogP contribution in [0.25, 0.3) is 11.0 Å². The summed E-state index contributed by atoms with van der Waals surface area (Å²) in [5.41, 5.74) is 2.66. The van der Waals surface area contributed by atoms with Crippen LogP contribution in [-0.2, 0) is 17.7 Å². The molecule has 2 aromatic rings. The molecule has 1 unspecified atom stereocenters. The topological polar surface area (TPSA) is 50.8 Å². The third-order valence-corrected chi connectivity index (χ3v) is 3.25. The SMILES string of the molecule is CCn1c(CC(C)COC)nc2cc(C#N)ccc21. The molecule has 0 amide bonds. The smallest absolute Gasteiger partial charge is 0.110 e. The Labute approximate surface area is 113 Å². The van der Waals surface area contributed by atoms with Crippen molar-refractivity contribution >= 4 is 11.0 Å². The number of nitrogens with zero attached hydrogens (tertiary/aromatic N) is 3. The highest BCUT2D eigenvalue weighted by Crippen LogP contribution is 2.20. The monoisotopic (exact) mass is 257 g/mol. The zero-order valence-electron chi connectivity index (χ0n) is 11.7. The summed E-state index contributed by atoms with van der Waals surface area (Å²) in [6.45, 7) is 5.89. The largest absolute Gasteiger partial charge is 0.384 e. The van der Waals surface area contributed by atoms with E-state index >= 15 is 0 Å². The summed E-state index contributed by atoms with van der Waals surface area (Å²) in [5, 5.41) is 8.94. The molecule has 0 N–H and O–H groups in total. The van der Waals surface area contributed by atoms with Gasteiger partial charge in [0.15, 0.2) is 0 Å². The van der Waals surface area contributed by atoms with Gasteiger partial charge in [0.2, 0.25) is 0 Å². The molecule has 0 saturated heterocycles. The summed E-state index contributed by atoms with van der Waals surface area (Å²) < 4.78 is 7.39. The number of nitriles is 1. The maximum atomic E-state index is 8.94. The number of benzene rings is 1. The first-order valence-electron chi connectivity index (χ1n) is 6.57. The van der Waals surface area contributed by atoms with Gasteiger partial charge < -0.3 is 9.30 Å². The first-order valence-corrected chi connectivity index (χ1v) is 6.57. The van der Waals surface area contributed by atoms with Crippen molar-refractivity contribution < 1.29 is 4.74 Å². The summed E-state index contributed by atoms with van der Waals surface area (Å²) in [6, 6.07) is 7.84. The van der Waals surface area contributed by atoms with E-state index in [-0.39, 0.29) is 0 Å². The molecule has 4 heteroatoms. The number of fused-ring (bicyclic) bond motifs is 1. The first kappa shape index (κ1) is 13.6. The van der Waals surface area contributed by atoms with Gasteiger partial charge >= 0.3 is 0 Å². The van der Waals surface area contributed by atoms with E-state index in [2.05, 4.69) is 29.5 Å². The van der Waals surface area contributed by atoms with E-state index in [1.54, 1.807) is 7.11 Å². The summed E-state index contributed by atoms with van der Waals surface area (Å²) >= 11 is 0. The Hall–Kier alpha value is -1.86. The average molecular weight is 257 g/mol. The molecule has 19 heavy (non-hydrogen) atoms. The summed E-state index contributed by atoms with van der Waals surface area (Å²) in [7, 11) is 1.72. The number of hydrogen-bond acceptors (Lipinski definition) is 3. The second-order valence-electron chi connectivity index (χ2n) is 4.85. The maximum absolute atomic E-state index is 8.94. The van der Waals surface area contributed by atoms with E-state index in [9.17, 15) is 0 Å². The molecule has 1 aromatic heterocycles. The van der Waals surface area contributed by atoms with E-state index < -0.39 is 0 Å². The fraction of sp³-hybridized carbons (Fsp3) is 0.467. The van der Waals surface area contributed by atoms with Gasteiger partial charge in [-0.05, 0) is 31.0 Å². The molecule has 0 fully saturated rings. The predicted molar refractivity (Wildman–Crippen MR) is 74.9 cm³/mol. The standard InChI is InChI=1S/C15H19N3O/c1-4-18-14-6-5-12(9-16)8-13(14)17-15(18)7-11(2)10-19-3/h5-6,8,11H,4,7,10H2,1-3H3. The molecule has 0 aliphatic rings. The molecule has 4 nitrogen and oxygen atoms in total. The van der Waals surface area contributed by atoms with Crippen molar-refractivity contribution in [3.63, 3.8) is 0 Å². The van der Waals surface area contributed by atoms with Crippen LogP contribution in [0.5, 0.6) is 0 Å². The highest BCUT2D eigenvalue weighted by Gasteiger charge is 2.13. The van der Waals surface area contributed by atoms with Crippen molar-refractivity contribution in [3.05, 3.63) is 29.6 Å². The maximum Gasteiger partial charge on any atom is 0.110 e. The number of imidazole rings is 1. The second kappa shape index (κ2) is 5.85. The lowest BCUT2D eigenvalue weighted by Crippen LogP contribution is -2.11. The third-order valence-electron chi connectivity index (χ3n) is 3.25. The molecule has 1 atom stereocenters. The molecule has 0 aliphatic heterocycles. The van der Waals surface area contributed by atoms with Gasteiger partial charge in [-0.3, -0.25) is 0 Å². The van der Waals surface area contributed by atoms with Crippen LogP contribution in [0, 0.1) is 17.2 Å². The van der Waals surface area contributed by atoms with Crippen molar-refractivity contribution in [3.8, 4) is 6.07 Å². The fourth-order valence-electron chi connectivity index (χ4n) is 2.41. The minimum Gasteiger partial charge on any atom is -0.384 e. The number of ether oxygens (including phenoxy) is 1. The molecule has 0 aliphatic carbocycles. The van der Waals surface area contributed by atoms with Crippen molar-refractivity contribution in [2.75, 3.05) is 13.7 Å². The number of methoxy groups -OCH3 is 1. The van der Waals surface area contributed by atoms with Crippen molar-refractivity contribution in [2.45, 2.75) is 26.8 Å². The van der Waals surface area contributed by atoms with Crippen molar-refractivity contribution in [1.29, 1.82) is 5.26 Å². The molecule has 1 heterocycles. The van der Waals surface area contributed by atoms with Crippen LogP contribution in [0.15, 0.2) is 18.2 Å². The minimum absolute atomic E-state index is 0.433. The molecule has 2 rings (SSSR count).